The van der Waals surface area contributed by atoms with Crippen LogP contribution in [0, 0.1) is 0 Å². The summed E-state index contributed by atoms with van der Waals surface area (Å²) in [6.07, 6.45) is 6.34. The maximum absolute atomic E-state index is 13.2. The zero-order chi connectivity index (χ0) is 29.2. The van der Waals surface area contributed by atoms with E-state index < -0.39 is 9.84 Å². The monoisotopic (exact) mass is 612 g/mol. The first-order chi connectivity index (χ1) is 20.5. The second-order valence-corrected chi connectivity index (χ2v) is 13.7. The van der Waals surface area contributed by atoms with E-state index in [1.807, 2.05) is 12.1 Å². The van der Waals surface area contributed by atoms with Gasteiger partial charge in [0.25, 0.3) is 0 Å². The Bertz CT molecular complexity index is 1340. The van der Waals surface area contributed by atoms with Gasteiger partial charge in [0.2, 0.25) is 9.84 Å². The molecule has 2 aliphatic heterocycles. The lowest BCUT2D eigenvalue weighted by Crippen LogP contribution is -2.29. The fraction of sp³-hybridized carbons (Fsp3) is 0.455. The van der Waals surface area contributed by atoms with Gasteiger partial charge in [0.1, 0.15) is 12.4 Å². The minimum Gasteiger partial charge on any atom is -0.491 e. The van der Waals surface area contributed by atoms with Crippen LogP contribution in [0.5, 0.6) is 5.75 Å². The van der Waals surface area contributed by atoms with E-state index >= 15 is 0 Å². The Morgan fingerprint density at radius 2 is 1.38 bits per heavy atom. The van der Waals surface area contributed by atoms with Gasteiger partial charge in [0.15, 0.2) is 12.6 Å². The molecule has 0 bridgehead atoms. The van der Waals surface area contributed by atoms with Crippen molar-refractivity contribution < 1.29 is 32.1 Å². The molecular weight excluding hydrogens is 572 g/mol. The largest absolute Gasteiger partial charge is 0.491 e. The van der Waals surface area contributed by atoms with Crippen molar-refractivity contribution >= 4 is 21.6 Å². The van der Waals surface area contributed by atoms with Crippen molar-refractivity contribution in [3.8, 4) is 16.9 Å². The lowest BCUT2D eigenvalue weighted by atomic mass is 10.1. The standard InChI is InChI=1S/C33H40O7S2/c1-25-5-4-7-33(40-25)38-22-21-36-28-12-18-31(19-13-28)42(34,35)30-16-10-27(11-17-30)26-8-14-29(15-9-26)41-24-23-39-32-6-2-3-20-37-32/h8-19,25,32-33H,2-7,20-24H2,1H3. The van der Waals surface area contributed by atoms with E-state index in [1.54, 1.807) is 48.2 Å². The maximum Gasteiger partial charge on any atom is 0.206 e. The van der Waals surface area contributed by atoms with Gasteiger partial charge in [0, 0.05) is 17.3 Å². The fourth-order valence-corrected chi connectivity index (χ4v) is 7.04. The summed E-state index contributed by atoms with van der Waals surface area (Å²) in [5, 5.41) is 0. The number of benzene rings is 3. The molecule has 3 atom stereocenters. The summed E-state index contributed by atoms with van der Waals surface area (Å²) in [7, 11) is -3.65. The van der Waals surface area contributed by atoms with Crippen LogP contribution in [0.4, 0.5) is 0 Å². The van der Waals surface area contributed by atoms with Gasteiger partial charge >= 0.3 is 0 Å². The highest BCUT2D eigenvalue weighted by Crippen LogP contribution is 2.28. The van der Waals surface area contributed by atoms with Gasteiger partial charge in [-0.05, 0) is 105 Å². The molecule has 5 rings (SSSR count). The van der Waals surface area contributed by atoms with E-state index in [0.29, 0.717) is 25.6 Å². The van der Waals surface area contributed by atoms with Crippen molar-refractivity contribution in [1.82, 2.24) is 0 Å². The Hall–Kier alpha value is -2.40. The van der Waals surface area contributed by atoms with Crippen LogP contribution in [0.1, 0.15) is 45.4 Å². The summed E-state index contributed by atoms with van der Waals surface area (Å²) in [4.78, 5) is 1.65. The molecule has 226 valence electrons. The maximum atomic E-state index is 13.2. The molecule has 9 heteroatoms. The minimum absolute atomic E-state index is 0.0525. The molecule has 0 saturated carbocycles. The molecule has 0 spiro atoms. The molecule has 0 N–H and O–H groups in total. The number of hydrogen-bond donors (Lipinski definition) is 0. The summed E-state index contributed by atoms with van der Waals surface area (Å²) in [6.45, 7) is 4.29. The molecule has 0 radical (unpaired) electrons. The van der Waals surface area contributed by atoms with E-state index in [9.17, 15) is 8.42 Å². The molecular formula is C33H40O7S2. The third-order valence-corrected chi connectivity index (χ3v) is 10.1. The van der Waals surface area contributed by atoms with E-state index in [1.165, 1.54) is 11.3 Å². The topological polar surface area (TPSA) is 80.3 Å². The molecule has 7 nitrogen and oxygen atoms in total. The van der Waals surface area contributed by atoms with Gasteiger partial charge in [-0.25, -0.2) is 8.42 Å². The molecule has 2 fully saturated rings. The summed E-state index contributed by atoms with van der Waals surface area (Å²) in [5.74, 6) is 1.46. The minimum atomic E-state index is -3.65. The molecule has 0 aliphatic carbocycles. The number of hydrogen-bond acceptors (Lipinski definition) is 8. The van der Waals surface area contributed by atoms with E-state index in [2.05, 4.69) is 31.2 Å². The van der Waals surface area contributed by atoms with Gasteiger partial charge in [-0.1, -0.05) is 24.3 Å². The van der Waals surface area contributed by atoms with Crippen LogP contribution in [0.2, 0.25) is 0 Å². The quantitative estimate of drug-likeness (QED) is 0.149. The smallest absolute Gasteiger partial charge is 0.206 e. The molecule has 2 aliphatic rings. The van der Waals surface area contributed by atoms with Gasteiger partial charge < -0.3 is 23.7 Å². The normalized spacial score (nSPS) is 21.2. The third kappa shape index (κ3) is 8.81. The molecule has 0 amide bonds. The molecule has 3 unspecified atom stereocenters. The molecule has 3 aromatic carbocycles. The SMILES string of the molecule is CC1CCCC(OCCOc2ccc(S(=O)(=O)c3ccc(-c4ccc(SCCOC5CCCCO5)cc4)cc3)cc2)O1. The Labute approximate surface area is 253 Å². The number of sulfone groups is 1. The first kappa shape index (κ1) is 31.0. The summed E-state index contributed by atoms with van der Waals surface area (Å²) >= 11 is 1.75. The van der Waals surface area contributed by atoms with Gasteiger partial charge in [-0.2, -0.15) is 0 Å². The Kier molecular flexibility index (Phi) is 11.4. The van der Waals surface area contributed by atoms with Crippen molar-refractivity contribution in [2.75, 3.05) is 32.2 Å². The number of ether oxygens (including phenoxy) is 5. The predicted molar refractivity (Wildman–Crippen MR) is 164 cm³/mol. The summed E-state index contributed by atoms with van der Waals surface area (Å²) < 4.78 is 55.1. The van der Waals surface area contributed by atoms with E-state index in [0.717, 1.165) is 55.6 Å². The molecule has 3 aromatic rings. The lowest BCUT2D eigenvalue weighted by molar-refractivity contribution is -0.191. The number of rotatable bonds is 13. The van der Waals surface area contributed by atoms with Gasteiger partial charge in [-0.15, -0.1) is 11.8 Å². The van der Waals surface area contributed by atoms with Crippen LogP contribution in [0.25, 0.3) is 11.1 Å². The summed E-state index contributed by atoms with van der Waals surface area (Å²) in [5.41, 5.74) is 1.99. The van der Waals surface area contributed by atoms with Crippen LogP contribution in [-0.4, -0.2) is 59.3 Å². The van der Waals surface area contributed by atoms with Crippen LogP contribution in [0.15, 0.2) is 87.5 Å². The Morgan fingerprint density at radius 1 is 0.738 bits per heavy atom. The predicted octanol–water partition coefficient (Wildman–Crippen LogP) is 7.13. The highest BCUT2D eigenvalue weighted by molar-refractivity contribution is 7.99. The van der Waals surface area contributed by atoms with Crippen LogP contribution in [-0.2, 0) is 28.8 Å². The number of thioether (sulfide) groups is 1. The molecule has 0 aromatic heterocycles. The average Bonchev–Trinajstić information content (AvgIpc) is 3.03. The van der Waals surface area contributed by atoms with Crippen LogP contribution >= 0.6 is 11.8 Å². The van der Waals surface area contributed by atoms with Gasteiger partial charge in [-0.3, -0.25) is 0 Å². The van der Waals surface area contributed by atoms with Crippen molar-refractivity contribution in [3.63, 3.8) is 0 Å². The lowest BCUT2D eigenvalue weighted by Gasteiger charge is -2.27. The molecule has 2 heterocycles. The summed E-state index contributed by atoms with van der Waals surface area (Å²) in [6, 6.07) is 21.8. The van der Waals surface area contributed by atoms with E-state index in [4.69, 9.17) is 23.7 Å². The van der Waals surface area contributed by atoms with Crippen molar-refractivity contribution in [2.24, 2.45) is 0 Å². The van der Waals surface area contributed by atoms with Crippen LogP contribution in [0.3, 0.4) is 0 Å². The molecule has 2 saturated heterocycles. The average molecular weight is 613 g/mol. The van der Waals surface area contributed by atoms with Crippen molar-refractivity contribution in [1.29, 1.82) is 0 Å². The highest BCUT2D eigenvalue weighted by Gasteiger charge is 2.20. The third-order valence-electron chi connectivity index (χ3n) is 7.37. The second kappa shape index (κ2) is 15.4. The first-order valence-electron chi connectivity index (χ1n) is 14.8. The highest BCUT2D eigenvalue weighted by atomic mass is 32.2. The Balaban J connectivity index is 1.08. The molecule has 42 heavy (non-hydrogen) atoms. The van der Waals surface area contributed by atoms with Gasteiger partial charge in [0.05, 0.1) is 29.1 Å². The zero-order valence-electron chi connectivity index (χ0n) is 24.1. The van der Waals surface area contributed by atoms with Crippen molar-refractivity contribution in [3.05, 3.63) is 72.8 Å². The first-order valence-corrected chi connectivity index (χ1v) is 17.3. The zero-order valence-corrected chi connectivity index (χ0v) is 25.7. The Morgan fingerprint density at radius 3 is 2.05 bits per heavy atom. The van der Waals surface area contributed by atoms with Crippen LogP contribution < -0.4 is 4.74 Å². The fourth-order valence-electron chi connectivity index (χ4n) is 5.03. The van der Waals surface area contributed by atoms with Crippen molar-refractivity contribution in [2.45, 2.75) is 78.8 Å². The second-order valence-electron chi connectivity index (χ2n) is 10.6. The van der Waals surface area contributed by atoms with E-state index in [-0.39, 0.29) is 28.5 Å².